The highest BCUT2D eigenvalue weighted by atomic mass is 32.2. The Kier molecular flexibility index (Phi) is 4.47. The minimum Gasteiger partial charge on any atom is -0.355 e. The van der Waals surface area contributed by atoms with E-state index in [9.17, 15) is 13.2 Å². The molecule has 0 aliphatic carbocycles. The molecular formula is C10H15N3O3S. The molecule has 0 saturated heterocycles. The molecule has 6 nitrogen and oxygen atoms in total. The van der Waals surface area contributed by atoms with E-state index in [1.54, 1.807) is 25.1 Å². The Bertz CT molecular complexity index is 499. The van der Waals surface area contributed by atoms with Crippen molar-refractivity contribution in [1.82, 2.24) is 10.0 Å². The highest BCUT2D eigenvalue weighted by Gasteiger charge is 2.14. The fourth-order valence-electron chi connectivity index (χ4n) is 1.28. The molecule has 94 valence electrons. The third kappa shape index (κ3) is 3.72. The predicted octanol–water partition coefficient (Wildman–Crippen LogP) is 0.312. The molecule has 1 aromatic carbocycles. The van der Waals surface area contributed by atoms with Crippen molar-refractivity contribution in [2.45, 2.75) is 6.92 Å². The predicted molar refractivity (Wildman–Crippen MR) is 66.1 cm³/mol. The monoisotopic (exact) mass is 257 g/mol. The van der Waals surface area contributed by atoms with Crippen LogP contribution in [0.5, 0.6) is 0 Å². The summed E-state index contributed by atoms with van der Waals surface area (Å²) in [6.45, 7) is 1.95. The van der Waals surface area contributed by atoms with Gasteiger partial charge in [-0.1, -0.05) is 19.1 Å². The van der Waals surface area contributed by atoms with Gasteiger partial charge >= 0.3 is 0 Å². The molecule has 1 amide bonds. The normalized spacial score (nSPS) is 10.9. The zero-order valence-electron chi connectivity index (χ0n) is 9.65. The molecule has 0 atom stereocenters. The standard InChI is InChI=1S/C10H15N3O3S/c1-3-12-17(15,16)13-9-7-5-4-6-8(9)10(14)11-2/h4-7,12-13H,3H2,1-2H3,(H,11,14). The first-order chi connectivity index (χ1) is 8.00. The summed E-state index contributed by atoms with van der Waals surface area (Å²) in [5.41, 5.74) is 0.518. The van der Waals surface area contributed by atoms with Crippen molar-refractivity contribution in [3.63, 3.8) is 0 Å². The Balaban J connectivity index is 3.03. The molecule has 1 aromatic rings. The largest absolute Gasteiger partial charge is 0.355 e. The van der Waals surface area contributed by atoms with Gasteiger partial charge in [0, 0.05) is 13.6 Å². The van der Waals surface area contributed by atoms with Crippen molar-refractivity contribution in [3.05, 3.63) is 29.8 Å². The molecular weight excluding hydrogens is 242 g/mol. The van der Waals surface area contributed by atoms with Crippen LogP contribution < -0.4 is 14.8 Å². The van der Waals surface area contributed by atoms with Gasteiger partial charge in [0.25, 0.3) is 16.1 Å². The first-order valence-corrected chi connectivity index (χ1v) is 6.57. The van der Waals surface area contributed by atoms with Crippen molar-refractivity contribution in [3.8, 4) is 0 Å². The van der Waals surface area contributed by atoms with E-state index >= 15 is 0 Å². The molecule has 7 heteroatoms. The number of para-hydroxylation sites is 1. The van der Waals surface area contributed by atoms with Gasteiger partial charge in [0.2, 0.25) is 0 Å². The summed E-state index contributed by atoms with van der Waals surface area (Å²) >= 11 is 0. The number of rotatable bonds is 5. The fourth-order valence-corrected chi connectivity index (χ4v) is 2.20. The van der Waals surface area contributed by atoms with E-state index in [2.05, 4.69) is 14.8 Å². The van der Waals surface area contributed by atoms with Crippen LogP contribution in [0.3, 0.4) is 0 Å². The van der Waals surface area contributed by atoms with E-state index in [1.165, 1.54) is 13.1 Å². The topological polar surface area (TPSA) is 87.3 Å². The maximum atomic E-state index is 11.5. The highest BCUT2D eigenvalue weighted by Crippen LogP contribution is 2.15. The zero-order valence-corrected chi connectivity index (χ0v) is 10.5. The molecule has 1 rings (SSSR count). The molecule has 0 aliphatic rings. The second-order valence-corrected chi connectivity index (χ2v) is 4.73. The molecule has 0 saturated carbocycles. The number of carbonyl (C=O) groups is 1. The number of carbonyl (C=O) groups excluding carboxylic acids is 1. The lowest BCUT2D eigenvalue weighted by atomic mass is 10.2. The van der Waals surface area contributed by atoms with Crippen LogP contribution in [0, 0.1) is 0 Å². The van der Waals surface area contributed by atoms with E-state index in [4.69, 9.17) is 0 Å². The summed E-state index contributed by atoms with van der Waals surface area (Å²) in [6.07, 6.45) is 0. The molecule has 0 radical (unpaired) electrons. The quantitative estimate of drug-likeness (QED) is 0.709. The molecule has 0 unspecified atom stereocenters. The highest BCUT2D eigenvalue weighted by molar-refractivity contribution is 7.90. The van der Waals surface area contributed by atoms with Crippen LogP contribution in [-0.4, -0.2) is 27.9 Å². The van der Waals surface area contributed by atoms with E-state index in [1.807, 2.05) is 0 Å². The van der Waals surface area contributed by atoms with Gasteiger partial charge in [-0.05, 0) is 12.1 Å². The molecule has 0 bridgehead atoms. The molecule has 0 spiro atoms. The second-order valence-electron chi connectivity index (χ2n) is 3.23. The molecule has 0 aromatic heterocycles. The van der Waals surface area contributed by atoms with Gasteiger partial charge in [-0.25, -0.2) is 0 Å². The number of anilines is 1. The van der Waals surface area contributed by atoms with Gasteiger partial charge in [-0.15, -0.1) is 0 Å². The fraction of sp³-hybridized carbons (Fsp3) is 0.300. The van der Waals surface area contributed by atoms with Gasteiger partial charge in [0.1, 0.15) is 0 Å². The average molecular weight is 257 g/mol. The van der Waals surface area contributed by atoms with Gasteiger partial charge in [0.05, 0.1) is 11.3 Å². The Morgan fingerprint density at radius 1 is 1.29 bits per heavy atom. The van der Waals surface area contributed by atoms with Gasteiger partial charge in [0.15, 0.2) is 0 Å². The third-order valence-corrected chi connectivity index (χ3v) is 3.13. The van der Waals surface area contributed by atoms with E-state index in [0.717, 1.165) is 0 Å². The Hall–Kier alpha value is -1.60. The zero-order chi connectivity index (χ0) is 12.9. The van der Waals surface area contributed by atoms with Gasteiger partial charge in [-0.3, -0.25) is 9.52 Å². The van der Waals surface area contributed by atoms with Crippen LogP contribution in [0.15, 0.2) is 24.3 Å². The molecule has 0 heterocycles. The average Bonchev–Trinajstić information content (AvgIpc) is 2.28. The Morgan fingerprint density at radius 2 is 1.94 bits per heavy atom. The maximum absolute atomic E-state index is 11.5. The smallest absolute Gasteiger partial charge is 0.299 e. The second kappa shape index (κ2) is 5.65. The van der Waals surface area contributed by atoms with Crippen molar-refractivity contribution >= 4 is 21.8 Å². The summed E-state index contributed by atoms with van der Waals surface area (Å²) in [4.78, 5) is 11.5. The van der Waals surface area contributed by atoms with Crippen LogP contribution in [0.2, 0.25) is 0 Å². The van der Waals surface area contributed by atoms with Gasteiger partial charge in [-0.2, -0.15) is 13.1 Å². The van der Waals surface area contributed by atoms with Crippen LogP contribution >= 0.6 is 0 Å². The number of amides is 1. The minimum atomic E-state index is -3.63. The number of hydrogen-bond donors (Lipinski definition) is 3. The van der Waals surface area contributed by atoms with E-state index < -0.39 is 10.2 Å². The van der Waals surface area contributed by atoms with Crippen molar-refractivity contribution in [2.24, 2.45) is 0 Å². The van der Waals surface area contributed by atoms with E-state index in [0.29, 0.717) is 0 Å². The summed E-state index contributed by atoms with van der Waals surface area (Å²) in [6, 6.07) is 6.38. The lowest BCUT2D eigenvalue weighted by Gasteiger charge is -2.11. The lowest BCUT2D eigenvalue weighted by Crippen LogP contribution is -2.31. The molecule has 0 aliphatic heterocycles. The number of hydrogen-bond acceptors (Lipinski definition) is 3. The van der Waals surface area contributed by atoms with Crippen molar-refractivity contribution in [1.29, 1.82) is 0 Å². The van der Waals surface area contributed by atoms with Crippen LogP contribution in [0.25, 0.3) is 0 Å². The molecule has 3 N–H and O–H groups in total. The maximum Gasteiger partial charge on any atom is 0.299 e. The van der Waals surface area contributed by atoms with Crippen LogP contribution in [-0.2, 0) is 10.2 Å². The lowest BCUT2D eigenvalue weighted by molar-refractivity contribution is 0.0964. The van der Waals surface area contributed by atoms with Crippen LogP contribution in [0.1, 0.15) is 17.3 Å². The SMILES string of the molecule is CCNS(=O)(=O)Nc1ccccc1C(=O)NC. The van der Waals surface area contributed by atoms with E-state index in [-0.39, 0.29) is 23.7 Å². The third-order valence-electron chi connectivity index (χ3n) is 1.98. The first kappa shape index (κ1) is 13.5. The van der Waals surface area contributed by atoms with Gasteiger partial charge < -0.3 is 5.32 Å². The molecule has 17 heavy (non-hydrogen) atoms. The molecule has 0 fully saturated rings. The summed E-state index contributed by atoms with van der Waals surface area (Å²) in [7, 11) is -2.14. The Labute approximate surface area is 101 Å². The summed E-state index contributed by atoms with van der Waals surface area (Å²) in [5.74, 6) is -0.347. The number of benzene rings is 1. The number of nitrogens with one attached hydrogen (secondary N) is 3. The van der Waals surface area contributed by atoms with Crippen molar-refractivity contribution in [2.75, 3.05) is 18.3 Å². The minimum absolute atomic E-state index is 0.243. The Morgan fingerprint density at radius 3 is 2.53 bits per heavy atom. The van der Waals surface area contributed by atoms with Crippen molar-refractivity contribution < 1.29 is 13.2 Å². The summed E-state index contributed by atoms with van der Waals surface area (Å²) < 4.78 is 27.6. The van der Waals surface area contributed by atoms with Crippen LogP contribution in [0.4, 0.5) is 5.69 Å². The summed E-state index contributed by atoms with van der Waals surface area (Å²) in [5, 5.41) is 2.45. The first-order valence-electron chi connectivity index (χ1n) is 5.08.